The summed E-state index contributed by atoms with van der Waals surface area (Å²) < 4.78 is 0. The van der Waals surface area contributed by atoms with Crippen molar-refractivity contribution in [3.05, 3.63) is 60.7 Å². The number of nitrogens with zero attached hydrogens (tertiary/aromatic N) is 1. The van der Waals surface area contributed by atoms with Crippen LogP contribution in [0.25, 0.3) is 0 Å². The number of nitrogens with two attached hydrogens (primary N) is 1. The van der Waals surface area contributed by atoms with Crippen LogP contribution in [-0.4, -0.2) is 23.5 Å². The highest BCUT2D eigenvalue weighted by Gasteiger charge is 2.23. The molecule has 0 aliphatic carbocycles. The second kappa shape index (κ2) is 8.61. The number of rotatable bonds is 7. The lowest BCUT2D eigenvalue weighted by Crippen LogP contribution is -2.41. The Kier molecular flexibility index (Phi) is 6.49. The first-order chi connectivity index (χ1) is 10.7. The molecule has 116 valence electrons. The molecule has 0 bridgehead atoms. The van der Waals surface area contributed by atoms with E-state index < -0.39 is 6.04 Å². The van der Waals surface area contributed by atoms with Gasteiger partial charge in [-0.25, -0.2) is 0 Å². The third-order valence-electron chi connectivity index (χ3n) is 3.34. The molecule has 2 aromatic carbocycles. The monoisotopic (exact) mass is 314 g/mol. The molecular weight excluding hydrogens is 292 g/mol. The minimum atomic E-state index is -0.487. The molecule has 2 aromatic rings. The van der Waals surface area contributed by atoms with E-state index in [2.05, 4.69) is 6.92 Å². The molecule has 0 unspecified atom stereocenters. The molecule has 0 saturated carbocycles. The van der Waals surface area contributed by atoms with Crippen molar-refractivity contribution in [3.8, 4) is 0 Å². The molecule has 2 N–H and O–H groups in total. The average Bonchev–Trinajstić information content (AvgIpc) is 2.57. The smallest absolute Gasteiger partial charge is 0.248 e. The van der Waals surface area contributed by atoms with Crippen LogP contribution < -0.4 is 10.6 Å². The van der Waals surface area contributed by atoms with Crippen molar-refractivity contribution >= 4 is 29.0 Å². The van der Waals surface area contributed by atoms with Gasteiger partial charge in [-0.1, -0.05) is 43.3 Å². The van der Waals surface area contributed by atoms with E-state index in [1.807, 2.05) is 60.7 Å². The zero-order valence-corrected chi connectivity index (χ0v) is 13.6. The van der Waals surface area contributed by atoms with Gasteiger partial charge in [-0.2, -0.15) is 11.8 Å². The van der Waals surface area contributed by atoms with Crippen LogP contribution in [0, 0.1) is 0 Å². The molecule has 2 rings (SSSR count). The summed E-state index contributed by atoms with van der Waals surface area (Å²) in [5.41, 5.74) is 7.82. The lowest BCUT2D eigenvalue weighted by molar-refractivity contribution is -0.119. The van der Waals surface area contributed by atoms with Gasteiger partial charge in [0.05, 0.1) is 6.04 Å². The van der Waals surface area contributed by atoms with E-state index in [1.54, 1.807) is 16.7 Å². The van der Waals surface area contributed by atoms with E-state index >= 15 is 0 Å². The standard InChI is InChI=1S/C18H22N2OS/c1-2-22-14-13-17(19)18(21)20(15-9-5-3-6-10-15)16-11-7-4-8-12-16/h3-12,17H,2,13-14,19H2,1H3/t17-/m0/s1. The van der Waals surface area contributed by atoms with Crippen molar-refractivity contribution in [3.63, 3.8) is 0 Å². The Bertz CT molecular complexity index is 535. The van der Waals surface area contributed by atoms with Crippen LogP contribution in [0.5, 0.6) is 0 Å². The minimum Gasteiger partial charge on any atom is -0.320 e. The molecule has 22 heavy (non-hydrogen) atoms. The highest BCUT2D eigenvalue weighted by Crippen LogP contribution is 2.26. The first-order valence-electron chi connectivity index (χ1n) is 7.51. The van der Waals surface area contributed by atoms with E-state index in [1.165, 1.54) is 0 Å². The average molecular weight is 314 g/mol. The van der Waals surface area contributed by atoms with E-state index in [9.17, 15) is 4.79 Å². The molecule has 1 atom stereocenters. The van der Waals surface area contributed by atoms with Gasteiger partial charge >= 0.3 is 0 Å². The minimum absolute atomic E-state index is 0.0610. The van der Waals surface area contributed by atoms with Crippen molar-refractivity contribution in [1.29, 1.82) is 0 Å². The molecular formula is C18H22N2OS. The van der Waals surface area contributed by atoms with Gasteiger partial charge in [-0.05, 0) is 42.2 Å². The second-order valence-electron chi connectivity index (χ2n) is 4.94. The van der Waals surface area contributed by atoms with Crippen molar-refractivity contribution in [1.82, 2.24) is 0 Å². The zero-order valence-electron chi connectivity index (χ0n) is 12.8. The normalized spacial score (nSPS) is 11.9. The van der Waals surface area contributed by atoms with Gasteiger partial charge in [-0.3, -0.25) is 9.69 Å². The zero-order chi connectivity index (χ0) is 15.8. The lowest BCUT2D eigenvalue weighted by atomic mass is 10.1. The number of anilines is 2. The predicted octanol–water partition coefficient (Wildman–Crippen LogP) is 3.82. The number of thioether (sulfide) groups is 1. The Morgan fingerprint density at radius 2 is 1.55 bits per heavy atom. The summed E-state index contributed by atoms with van der Waals surface area (Å²) in [6.07, 6.45) is 0.688. The van der Waals surface area contributed by atoms with Crippen LogP contribution in [0.15, 0.2) is 60.7 Å². The molecule has 0 aliphatic rings. The molecule has 1 amide bonds. The van der Waals surface area contributed by atoms with Crippen molar-refractivity contribution < 1.29 is 4.79 Å². The topological polar surface area (TPSA) is 46.3 Å². The van der Waals surface area contributed by atoms with E-state index in [4.69, 9.17) is 5.73 Å². The van der Waals surface area contributed by atoms with Gasteiger partial charge in [0.25, 0.3) is 0 Å². The van der Waals surface area contributed by atoms with Crippen LogP contribution >= 0.6 is 11.8 Å². The number of hydrogen-bond donors (Lipinski definition) is 1. The van der Waals surface area contributed by atoms with Crippen molar-refractivity contribution in [2.45, 2.75) is 19.4 Å². The quantitative estimate of drug-likeness (QED) is 0.790. The van der Waals surface area contributed by atoms with E-state index in [-0.39, 0.29) is 5.91 Å². The fourth-order valence-corrected chi connectivity index (χ4v) is 2.91. The van der Waals surface area contributed by atoms with Gasteiger partial charge in [0.1, 0.15) is 0 Å². The molecule has 0 saturated heterocycles. The third kappa shape index (κ3) is 4.36. The Hall–Kier alpha value is -1.78. The maximum Gasteiger partial charge on any atom is 0.248 e. The SMILES string of the molecule is CCSCC[C@H](N)C(=O)N(c1ccccc1)c1ccccc1. The molecule has 0 spiro atoms. The van der Waals surface area contributed by atoms with Gasteiger partial charge in [0, 0.05) is 11.4 Å². The molecule has 4 heteroatoms. The van der Waals surface area contributed by atoms with E-state index in [0.717, 1.165) is 22.9 Å². The van der Waals surface area contributed by atoms with Crippen LogP contribution in [0.1, 0.15) is 13.3 Å². The van der Waals surface area contributed by atoms with Crippen molar-refractivity contribution in [2.75, 3.05) is 16.4 Å². The van der Waals surface area contributed by atoms with Gasteiger partial charge in [0.2, 0.25) is 5.91 Å². The van der Waals surface area contributed by atoms with Crippen molar-refractivity contribution in [2.24, 2.45) is 5.73 Å². The Morgan fingerprint density at radius 1 is 1.05 bits per heavy atom. The molecule has 0 aliphatic heterocycles. The van der Waals surface area contributed by atoms with Crippen LogP contribution in [0.3, 0.4) is 0 Å². The van der Waals surface area contributed by atoms with Gasteiger partial charge < -0.3 is 5.73 Å². The summed E-state index contributed by atoms with van der Waals surface area (Å²) in [5, 5.41) is 0. The maximum atomic E-state index is 12.8. The molecule has 0 fully saturated rings. The summed E-state index contributed by atoms with van der Waals surface area (Å²) >= 11 is 1.81. The van der Waals surface area contributed by atoms with Gasteiger partial charge in [-0.15, -0.1) is 0 Å². The van der Waals surface area contributed by atoms with Crippen LogP contribution in [-0.2, 0) is 4.79 Å². The predicted molar refractivity (Wildman–Crippen MR) is 95.6 cm³/mol. The van der Waals surface area contributed by atoms with E-state index in [0.29, 0.717) is 6.42 Å². The summed E-state index contributed by atoms with van der Waals surface area (Å²) in [5.74, 6) is 1.89. The number of carbonyl (C=O) groups is 1. The number of amides is 1. The fraction of sp³-hybridized carbons (Fsp3) is 0.278. The summed E-state index contributed by atoms with van der Waals surface area (Å²) in [6, 6.07) is 18.8. The molecule has 0 radical (unpaired) electrons. The summed E-state index contributed by atoms with van der Waals surface area (Å²) in [6.45, 7) is 2.11. The number of hydrogen-bond acceptors (Lipinski definition) is 3. The number of benzene rings is 2. The Balaban J connectivity index is 2.23. The first-order valence-corrected chi connectivity index (χ1v) is 8.67. The second-order valence-corrected chi connectivity index (χ2v) is 6.33. The third-order valence-corrected chi connectivity index (χ3v) is 4.28. The Labute approximate surface area is 136 Å². The highest BCUT2D eigenvalue weighted by molar-refractivity contribution is 7.99. The molecule has 0 aromatic heterocycles. The van der Waals surface area contributed by atoms with Crippen LogP contribution in [0.2, 0.25) is 0 Å². The molecule has 3 nitrogen and oxygen atoms in total. The number of carbonyl (C=O) groups excluding carboxylic acids is 1. The fourth-order valence-electron chi connectivity index (χ4n) is 2.20. The van der Waals surface area contributed by atoms with Gasteiger partial charge in [0.15, 0.2) is 0 Å². The molecule has 0 heterocycles. The summed E-state index contributed by atoms with van der Waals surface area (Å²) in [7, 11) is 0. The number of para-hydroxylation sites is 2. The highest BCUT2D eigenvalue weighted by atomic mass is 32.2. The lowest BCUT2D eigenvalue weighted by Gasteiger charge is -2.26. The Morgan fingerprint density at radius 3 is 2.00 bits per heavy atom. The largest absolute Gasteiger partial charge is 0.320 e. The first kappa shape index (κ1) is 16.6. The van der Waals surface area contributed by atoms with Crippen LogP contribution in [0.4, 0.5) is 11.4 Å². The summed E-state index contributed by atoms with van der Waals surface area (Å²) in [4.78, 5) is 14.5. The maximum absolute atomic E-state index is 12.8.